The Hall–Kier alpha value is -1.53. The standard InChI is InChI=1S/C13H14N2O3S/c1-18-9-2-4-11-8(6-9)7-15(19-11)10-3-5-12(16)14-13(10)17/h2,4,6,10H,3,5,7H2,1H3,(H,14,16,17). The Morgan fingerprint density at radius 2 is 2.26 bits per heavy atom. The summed E-state index contributed by atoms with van der Waals surface area (Å²) in [4.78, 5) is 24.2. The number of benzene rings is 1. The molecule has 3 rings (SSSR count). The van der Waals surface area contributed by atoms with Crippen LogP contribution in [0.25, 0.3) is 0 Å². The largest absolute Gasteiger partial charge is 0.497 e. The van der Waals surface area contributed by atoms with E-state index in [4.69, 9.17) is 4.74 Å². The fraction of sp³-hybridized carbons (Fsp3) is 0.385. The first-order chi connectivity index (χ1) is 9.17. The lowest BCUT2D eigenvalue weighted by molar-refractivity contribution is -0.136. The fourth-order valence-electron chi connectivity index (χ4n) is 2.35. The second kappa shape index (κ2) is 4.86. The van der Waals surface area contributed by atoms with Crippen LogP contribution in [0, 0.1) is 0 Å². The predicted octanol–water partition coefficient (Wildman–Crippen LogP) is 1.32. The molecule has 0 aromatic heterocycles. The van der Waals surface area contributed by atoms with Crippen molar-refractivity contribution in [2.24, 2.45) is 0 Å². The topological polar surface area (TPSA) is 58.6 Å². The van der Waals surface area contributed by atoms with E-state index < -0.39 is 0 Å². The van der Waals surface area contributed by atoms with Crippen molar-refractivity contribution in [1.29, 1.82) is 0 Å². The van der Waals surface area contributed by atoms with Crippen molar-refractivity contribution < 1.29 is 14.3 Å². The van der Waals surface area contributed by atoms with Crippen molar-refractivity contribution in [1.82, 2.24) is 9.62 Å². The van der Waals surface area contributed by atoms with Crippen molar-refractivity contribution in [2.75, 3.05) is 7.11 Å². The number of piperidine rings is 1. The summed E-state index contributed by atoms with van der Waals surface area (Å²) in [5.74, 6) is 0.456. The summed E-state index contributed by atoms with van der Waals surface area (Å²) in [6.45, 7) is 0.698. The Bertz CT molecular complexity index is 547. The quantitative estimate of drug-likeness (QED) is 0.653. The minimum atomic E-state index is -0.235. The van der Waals surface area contributed by atoms with Crippen LogP contribution in [0.3, 0.4) is 0 Å². The van der Waals surface area contributed by atoms with Gasteiger partial charge in [0.15, 0.2) is 0 Å². The molecule has 0 saturated carbocycles. The maximum Gasteiger partial charge on any atom is 0.244 e. The van der Waals surface area contributed by atoms with Gasteiger partial charge in [0.1, 0.15) is 11.8 Å². The Balaban J connectivity index is 1.76. The molecule has 0 bridgehead atoms. The maximum atomic E-state index is 11.9. The first kappa shape index (κ1) is 12.5. The molecular weight excluding hydrogens is 264 g/mol. The van der Waals surface area contributed by atoms with E-state index in [1.54, 1.807) is 19.1 Å². The Morgan fingerprint density at radius 1 is 1.42 bits per heavy atom. The van der Waals surface area contributed by atoms with Crippen molar-refractivity contribution in [3.8, 4) is 5.75 Å². The average Bonchev–Trinajstić information content (AvgIpc) is 2.80. The number of ether oxygens (including phenoxy) is 1. The molecule has 1 unspecified atom stereocenters. The van der Waals surface area contributed by atoms with Crippen LogP contribution < -0.4 is 10.1 Å². The molecule has 0 radical (unpaired) electrons. The summed E-state index contributed by atoms with van der Waals surface area (Å²) in [7, 11) is 1.64. The van der Waals surface area contributed by atoms with Gasteiger partial charge in [-0.2, -0.15) is 0 Å². The van der Waals surface area contributed by atoms with Gasteiger partial charge in [-0.05, 0) is 42.1 Å². The van der Waals surface area contributed by atoms with E-state index >= 15 is 0 Å². The zero-order valence-electron chi connectivity index (χ0n) is 10.5. The molecule has 2 aliphatic rings. The lowest BCUT2D eigenvalue weighted by Crippen LogP contribution is -2.49. The zero-order valence-corrected chi connectivity index (χ0v) is 11.3. The van der Waals surface area contributed by atoms with E-state index in [-0.39, 0.29) is 17.9 Å². The summed E-state index contributed by atoms with van der Waals surface area (Å²) in [6, 6.07) is 5.68. The number of hydrogen-bond donors (Lipinski definition) is 1. The summed E-state index contributed by atoms with van der Waals surface area (Å²) in [6.07, 6.45) is 0.996. The minimum absolute atomic E-state index is 0.176. The molecule has 0 aliphatic carbocycles. The van der Waals surface area contributed by atoms with Gasteiger partial charge in [0, 0.05) is 17.9 Å². The average molecular weight is 278 g/mol. The lowest BCUT2D eigenvalue weighted by Gasteiger charge is -2.27. The highest BCUT2D eigenvalue weighted by atomic mass is 32.2. The van der Waals surface area contributed by atoms with Gasteiger partial charge >= 0.3 is 0 Å². The predicted molar refractivity (Wildman–Crippen MR) is 70.6 cm³/mol. The molecule has 1 saturated heterocycles. The van der Waals surface area contributed by atoms with E-state index in [1.165, 1.54) is 0 Å². The maximum absolute atomic E-state index is 11.9. The molecule has 100 valence electrons. The molecule has 5 nitrogen and oxygen atoms in total. The second-order valence-electron chi connectivity index (χ2n) is 4.61. The van der Waals surface area contributed by atoms with Crippen LogP contribution in [0.5, 0.6) is 5.75 Å². The molecule has 1 aromatic rings. The van der Waals surface area contributed by atoms with Gasteiger partial charge < -0.3 is 4.74 Å². The Morgan fingerprint density at radius 3 is 3.00 bits per heavy atom. The highest BCUT2D eigenvalue weighted by Gasteiger charge is 2.35. The molecule has 0 spiro atoms. The molecule has 1 aromatic carbocycles. The fourth-order valence-corrected chi connectivity index (χ4v) is 3.51. The second-order valence-corrected chi connectivity index (χ2v) is 5.70. The third-order valence-corrected chi connectivity index (χ3v) is 4.58. The van der Waals surface area contributed by atoms with Crippen molar-refractivity contribution in [3.05, 3.63) is 23.8 Å². The Kier molecular flexibility index (Phi) is 3.20. The number of hydrogen-bond acceptors (Lipinski definition) is 5. The number of nitrogens with zero attached hydrogens (tertiary/aromatic N) is 1. The van der Waals surface area contributed by atoms with Gasteiger partial charge in [-0.25, -0.2) is 4.31 Å². The number of rotatable bonds is 2. The third kappa shape index (κ3) is 2.33. The van der Waals surface area contributed by atoms with Crippen LogP contribution in [0.2, 0.25) is 0 Å². The van der Waals surface area contributed by atoms with Gasteiger partial charge in [-0.3, -0.25) is 14.9 Å². The van der Waals surface area contributed by atoms with Crippen LogP contribution in [0.4, 0.5) is 0 Å². The van der Waals surface area contributed by atoms with Gasteiger partial charge in [0.2, 0.25) is 11.8 Å². The van der Waals surface area contributed by atoms with Crippen LogP contribution in [0.1, 0.15) is 18.4 Å². The van der Waals surface area contributed by atoms with Crippen LogP contribution >= 0.6 is 11.9 Å². The first-order valence-electron chi connectivity index (χ1n) is 6.12. The van der Waals surface area contributed by atoms with E-state index in [0.717, 1.165) is 16.2 Å². The third-order valence-electron chi connectivity index (χ3n) is 3.37. The Labute approximate surface area is 115 Å². The molecule has 6 heteroatoms. The monoisotopic (exact) mass is 278 g/mol. The number of imide groups is 1. The van der Waals surface area contributed by atoms with Gasteiger partial charge in [0.05, 0.1) is 7.11 Å². The molecular formula is C13H14N2O3S. The van der Waals surface area contributed by atoms with E-state index in [0.29, 0.717) is 19.4 Å². The highest BCUT2D eigenvalue weighted by molar-refractivity contribution is 7.97. The first-order valence-corrected chi connectivity index (χ1v) is 6.90. The van der Waals surface area contributed by atoms with Crippen molar-refractivity contribution in [2.45, 2.75) is 30.3 Å². The molecule has 19 heavy (non-hydrogen) atoms. The molecule has 1 fully saturated rings. The number of carbonyl (C=O) groups excluding carboxylic acids is 2. The normalized spacial score (nSPS) is 23.1. The molecule has 2 heterocycles. The van der Waals surface area contributed by atoms with Gasteiger partial charge in [-0.1, -0.05) is 0 Å². The SMILES string of the molecule is COc1ccc2c(c1)CN(C1CCC(=O)NC1=O)S2. The highest BCUT2D eigenvalue weighted by Crippen LogP contribution is 2.40. The van der Waals surface area contributed by atoms with Gasteiger partial charge in [0.25, 0.3) is 0 Å². The summed E-state index contributed by atoms with van der Waals surface area (Å²) >= 11 is 1.57. The van der Waals surface area contributed by atoms with Gasteiger partial charge in [-0.15, -0.1) is 0 Å². The summed E-state index contributed by atoms with van der Waals surface area (Å²) in [5.41, 5.74) is 1.16. The molecule has 2 amide bonds. The number of fused-ring (bicyclic) bond motifs is 1. The summed E-state index contributed by atoms with van der Waals surface area (Å²) in [5, 5.41) is 2.40. The number of carbonyl (C=O) groups is 2. The van der Waals surface area contributed by atoms with E-state index in [2.05, 4.69) is 5.32 Å². The van der Waals surface area contributed by atoms with Crippen LogP contribution in [-0.2, 0) is 16.1 Å². The molecule has 1 atom stereocenters. The van der Waals surface area contributed by atoms with E-state index in [1.807, 2.05) is 22.5 Å². The van der Waals surface area contributed by atoms with E-state index in [9.17, 15) is 9.59 Å². The minimum Gasteiger partial charge on any atom is -0.497 e. The molecule has 1 N–H and O–H groups in total. The number of methoxy groups -OCH3 is 1. The lowest BCUT2D eigenvalue weighted by atomic mass is 10.1. The van der Waals surface area contributed by atoms with Crippen molar-refractivity contribution in [3.63, 3.8) is 0 Å². The number of amides is 2. The van der Waals surface area contributed by atoms with Crippen LogP contribution in [-0.4, -0.2) is 29.3 Å². The molecule has 2 aliphatic heterocycles. The zero-order chi connectivity index (χ0) is 13.4. The van der Waals surface area contributed by atoms with Crippen molar-refractivity contribution >= 4 is 23.8 Å². The van der Waals surface area contributed by atoms with Crippen LogP contribution in [0.15, 0.2) is 23.1 Å². The number of nitrogens with one attached hydrogen (secondary N) is 1. The summed E-state index contributed by atoms with van der Waals surface area (Å²) < 4.78 is 7.24. The smallest absolute Gasteiger partial charge is 0.244 e.